The number of carbonyl (C=O) groups is 1. The van der Waals surface area contributed by atoms with Crippen LogP contribution in [0.25, 0.3) is 0 Å². The molecule has 0 radical (unpaired) electrons. The average Bonchev–Trinajstić information content (AvgIpc) is 2.60. The number of unbranched alkanes of at least 4 members (excludes halogenated alkanes) is 1. The van der Waals surface area contributed by atoms with E-state index in [4.69, 9.17) is 4.74 Å². The predicted molar refractivity (Wildman–Crippen MR) is 106 cm³/mol. The van der Waals surface area contributed by atoms with E-state index in [0.29, 0.717) is 6.54 Å². The van der Waals surface area contributed by atoms with Crippen LogP contribution < -0.4 is 10.6 Å². The minimum absolute atomic E-state index is 0.0389. The molecule has 2 saturated heterocycles. The molecule has 2 aliphatic heterocycles. The molecule has 0 aromatic rings. The summed E-state index contributed by atoms with van der Waals surface area (Å²) in [6, 6.07) is -0.0495. The number of carbonyl (C=O) groups excluding carboxylic acids is 1. The van der Waals surface area contributed by atoms with Gasteiger partial charge in [0, 0.05) is 44.8 Å². The zero-order chi connectivity index (χ0) is 19.0. The molecule has 0 bridgehead atoms. The molecule has 2 N–H and O–H groups in total. The van der Waals surface area contributed by atoms with Gasteiger partial charge in [-0.25, -0.2) is 4.79 Å². The molecule has 0 aliphatic carbocycles. The Kier molecular flexibility index (Phi) is 8.64. The normalized spacial score (nSPS) is 25.8. The Bertz CT molecular complexity index is 414. The van der Waals surface area contributed by atoms with Gasteiger partial charge in [0.15, 0.2) is 0 Å². The second-order valence-corrected chi connectivity index (χ2v) is 8.93. The number of ether oxygens (including phenoxy) is 1. The molecule has 2 heterocycles. The maximum Gasteiger partial charge on any atom is 0.314 e. The summed E-state index contributed by atoms with van der Waals surface area (Å²) in [5, 5.41) is 6.03. The first-order valence-corrected chi connectivity index (χ1v) is 10.4. The Morgan fingerprint density at radius 3 is 2.38 bits per heavy atom. The predicted octanol–water partition coefficient (Wildman–Crippen LogP) is 2.15. The summed E-state index contributed by atoms with van der Waals surface area (Å²) in [5.74, 6) is 1.63. The molecule has 2 amide bonds. The molecule has 2 rings (SSSR count). The molecule has 0 aromatic heterocycles. The molecule has 152 valence electrons. The zero-order valence-electron chi connectivity index (χ0n) is 17.4. The van der Waals surface area contributed by atoms with Crippen LogP contribution in [0.15, 0.2) is 0 Å². The number of likely N-dealkylation sites (tertiary alicyclic amines) is 1. The van der Waals surface area contributed by atoms with Gasteiger partial charge in [0.2, 0.25) is 0 Å². The standard InChI is InChI=1S/C20H40N4O2/c1-17-13-18(2)15-23(14-17)8-6-5-7-21-19(25)22-16-20(3,4)24-9-11-26-12-10-24/h17-18H,5-16H2,1-4H3,(H2,21,22,25). The molecule has 2 atom stereocenters. The maximum absolute atomic E-state index is 12.0. The number of hydrogen-bond donors (Lipinski definition) is 2. The van der Waals surface area contributed by atoms with Gasteiger partial charge >= 0.3 is 6.03 Å². The van der Waals surface area contributed by atoms with E-state index in [2.05, 4.69) is 48.1 Å². The van der Waals surface area contributed by atoms with Crippen molar-refractivity contribution in [1.82, 2.24) is 20.4 Å². The summed E-state index contributed by atoms with van der Waals surface area (Å²) in [6.45, 7) is 17.5. The topological polar surface area (TPSA) is 56.8 Å². The van der Waals surface area contributed by atoms with E-state index in [1.165, 1.54) is 19.5 Å². The van der Waals surface area contributed by atoms with Crippen LogP contribution in [0.5, 0.6) is 0 Å². The lowest BCUT2D eigenvalue weighted by atomic mass is 9.92. The van der Waals surface area contributed by atoms with Crippen LogP contribution in [0.3, 0.4) is 0 Å². The largest absolute Gasteiger partial charge is 0.379 e. The number of nitrogens with zero attached hydrogens (tertiary/aromatic N) is 2. The van der Waals surface area contributed by atoms with Crippen LogP contribution in [0.2, 0.25) is 0 Å². The quantitative estimate of drug-likeness (QED) is 0.645. The van der Waals surface area contributed by atoms with Crippen LogP contribution in [0.4, 0.5) is 4.79 Å². The summed E-state index contributed by atoms with van der Waals surface area (Å²) in [4.78, 5) is 17.0. The second kappa shape index (κ2) is 10.5. The number of rotatable bonds is 8. The van der Waals surface area contributed by atoms with E-state index in [1.54, 1.807) is 0 Å². The lowest BCUT2D eigenvalue weighted by Crippen LogP contribution is -2.56. The van der Waals surface area contributed by atoms with Crippen molar-refractivity contribution in [3.8, 4) is 0 Å². The molecule has 6 heteroatoms. The molecular formula is C20H40N4O2. The number of morpholine rings is 1. The SMILES string of the molecule is CC1CC(C)CN(CCCCNC(=O)NCC(C)(C)N2CCOCC2)C1. The van der Waals surface area contributed by atoms with Gasteiger partial charge < -0.3 is 20.3 Å². The monoisotopic (exact) mass is 368 g/mol. The first-order chi connectivity index (χ1) is 12.4. The highest BCUT2D eigenvalue weighted by Gasteiger charge is 2.28. The van der Waals surface area contributed by atoms with Crippen LogP contribution in [0.1, 0.15) is 47.0 Å². The third-order valence-corrected chi connectivity index (χ3v) is 5.68. The number of amides is 2. The van der Waals surface area contributed by atoms with Crippen molar-refractivity contribution in [1.29, 1.82) is 0 Å². The van der Waals surface area contributed by atoms with Crippen molar-refractivity contribution in [2.45, 2.75) is 52.5 Å². The van der Waals surface area contributed by atoms with E-state index >= 15 is 0 Å². The Balaban J connectivity index is 1.53. The summed E-state index contributed by atoms with van der Waals surface area (Å²) < 4.78 is 5.41. The Labute approximate surface area is 160 Å². The third kappa shape index (κ3) is 7.41. The fourth-order valence-corrected chi connectivity index (χ4v) is 4.28. The number of nitrogens with one attached hydrogen (secondary N) is 2. The Hall–Kier alpha value is -0.850. The first kappa shape index (κ1) is 21.5. The van der Waals surface area contributed by atoms with Gasteiger partial charge in [0.1, 0.15) is 0 Å². The van der Waals surface area contributed by atoms with Gasteiger partial charge in [0.05, 0.1) is 13.2 Å². The lowest BCUT2D eigenvalue weighted by Gasteiger charge is -2.40. The van der Waals surface area contributed by atoms with E-state index < -0.39 is 0 Å². The van der Waals surface area contributed by atoms with Crippen LogP contribution in [0, 0.1) is 11.8 Å². The Morgan fingerprint density at radius 1 is 1.08 bits per heavy atom. The van der Waals surface area contributed by atoms with Crippen molar-refractivity contribution < 1.29 is 9.53 Å². The highest BCUT2D eigenvalue weighted by Crippen LogP contribution is 2.21. The molecule has 0 spiro atoms. The van der Waals surface area contributed by atoms with Crippen molar-refractivity contribution in [3.63, 3.8) is 0 Å². The van der Waals surface area contributed by atoms with Crippen molar-refractivity contribution in [2.75, 3.05) is 59.0 Å². The van der Waals surface area contributed by atoms with E-state index in [-0.39, 0.29) is 11.6 Å². The van der Waals surface area contributed by atoms with Gasteiger partial charge in [-0.2, -0.15) is 0 Å². The summed E-state index contributed by atoms with van der Waals surface area (Å²) in [7, 11) is 0. The summed E-state index contributed by atoms with van der Waals surface area (Å²) in [6.07, 6.45) is 3.55. The maximum atomic E-state index is 12.0. The van der Waals surface area contributed by atoms with Crippen molar-refractivity contribution >= 4 is 6.03 Å². The fraction of sp³-hybridized carbons (Fsp3) is 0.950. The van der Waals surface area contributed by atoms with Gasteiger partial charge in [-0.05, 0) is 51.5 Å². The molecular weight excluding hydrogens is 328 g/mol. The molecule has 6 nitrogen and oxygen atoms in total. The third-order valence-electron chi connectivity index (χ3n) is 5.68. The molecule has 2 aliphatic rings. The van der Waals surface area contributed by atoms with Crippen molar-refractivity contribution in [3.05, 3.63) is 0 Å². The highest BCUT2D eigenvalue weighted by molar-refractivity contribution is 5.73. The van der Waals surface area contributed by atoms with E-state index in [9.17, 15) is 4.79 Å². The molecule has 0 aromatic carbocycles. The highest BCUT2D eigenvalue weighted by atomic mass is 16.5. The summed E-state index contributed by atoms with van der Waals surface area (Å²) >= 11 is 0. The van der Waals surface area contributed by atoms with Crippen molar-refractivity contribution in [2.24, 2.45) is 11.8 Å². The lowest BCUT2D eigenvalue weighted by molar-refractivity contribution is -0.00874. The van der Waals surface area contributed by atoms with E-state index in [1.807, 2.05) is 0 Å². The molecule has 2 unspecified atom stereocenters. The van der Waals surface area contributed by atoms with Crippen LogP contribution >= 0.6 is 0 Å². The molecule has 26 heavy (non-hydrogen) atoms. The first-order valence-electron chi connectivity index (χ1n) is 10.4. The van der Waals surface area contributed by atoms with Gasteiger partial charge in [-0.3, -0.25) is 4.90 Å². The number of piperidine rings is 1. The molecule has 2 fully saturated rings. The minimum Gasteiger partial charge on any atom is -0.379 e. The molecule has 0 saturated carbocycles. The summed E-state index contributed by atoms with van der Waals surface area (Å²) in [5.41, 5.74) is -0.0389. The minimum atomic E-state index is -0.0495. The fourth-order valence-electron chi connectivity index (χ4n) is 4.28. The second-order valence-electron chi connectivity index (χ2n) is 8.93. The van der Waals surface area contributed by atoms with E-state index in [0.717, 1.165) is 64.1 Å². The van der Waals surface area contributed by atoms with Gasteiger partial charge in [-0.15, -0.1) is 0 Å². The number of hydrogen-bond acceptors (Lipinski definition) is 4. The van der Waals surface area contributed by atoms with Crippen LogP contribution in [-0.2, 0) is 4.74 Å². The number of urea groups is 1. The average molecular weight is 369 g/mol. The zero-order valence-corrected chi connectivity index (χ0v) is 17.4. The van der Waals surface area contributed by atoms with Crippen LogP contribution in [-0.4, -0.2) is 80.4 Å². The Morgan fingerprint density at radius 2 is 1.73 bits per heavy atom. The van der Waals surface area contributed by atoms with Gasteiger partial charge in [-0.1, -0.05) is 13.8 Å². The smallest absolute Gasteiger partial charge is 0.314 e. The van der Waals surface area contributed by atoms with Gasteiger partial charge in [0.25, 0.3) is 0 Å².